The van der Waals surface area contributed by atoms with Crippen LogP contribution in [-0.4, -0.2) is 32.1 Å². The zero-order chi connectivity index (χ0) is 25.1. The Labute approximate surface area is 207 Å². The minimum absolute atomic E-state index is 0.153. The number of ketones is 1. The van der Waals surface area contributed by atoms with Crippen molar-refractivity contribution in [2.75, 3.05) is 0 Å². The van der Waals surface area contributed by atoms with Gasteiger partial charge in [0.1, 0.15) is 11.8 Å². The number of aromatic nitrogens is 2. The molecule has 1 aromatic carbocycles. The first kappa shape index (κ1) is 24.0. The number of H-pyrrole nitrogens is 1. The number of nitrogens with one attached hydrogen (secondary N) is 1. The van der Waals surface area contributed by atoms with Gasteiger partial charge in [0.2, 0.25) is 5.78 Å². The maximum atomic E-state index is 13.0. The highest BCUT2D eigenvalue weighted by atomic mass is 16.5. The molecule has 2 fully saturated rings. The molecule has 2 aliphatic heterocycles. The molecule has 0 radical (unpaired) electrons. The highest BCUT2D eigenvalue weighted by Gasteiger charge is 2.56. The van der Waals surface area contributed by atoms with E-state index < -0.39 is 5.60 Å². The standard InChI is InChI=1S/C29H35N3O3/c1-26(2)9-7-19(8-10-26)23-14-21(29(34)17-27(3)11-12-28(4,18-29)35-27)6-5-20(23)13-24(33)25-31-16-22(15-30)32-25/h5-7,14,16,34H,8-13,17-18H2,1-4H3,(H,31,32). The molecule has 6 nitrogen and oxygen atoms in total. The molecule has 0 saturated carbocycles. The molecule has 3 heterocycles. The van der Waals surface area contributed by atoms with Crippen molar-refractivity contribution in [3.63, 3.8) is 0 Å². The van der Waals surface area contributed by atoms with Gasteiger partial charge in [0, 0.05) is 19.3 Å². The molecule has 184 valence electrons. The number of imidazole rings is 1. The van der Waals surface area contributed by atoms with Gasteiger partial charge < -0.3 is 14.8 Å². The largest absolute Gasteiger partial charge is 0.385 e. The van der Waals surface area contributed by atoms with Crippen LogP contribution in [0, 0.1) is 16.7 Å². The zero-order valence-electron chi connectivity index (χ0n) is 21.2. The fraction of sp³-hybridized carbons (Fsp3) is 0.552. The van der Waals surface area contributed by atoms with Crippen molar-refractivity contribution >= 4 is 11.4 Å². The lowest BCUT2D eigenvalue weighted by atomic mass is 9.73. The van der Waals surface area contributed by atoms with Crippen molar-refractivity contribution in [1.82, 2.24) is 9.97 Å². The number of aromatic amines is 1. The van der Waals surface area contributed by atoms with Crippen molar-refractivity contribution in [2.24, 2.45) is 5.41 Å². The van der Waals surface area contributed by atoms with Crippen LogP contribution in [0.2, 0.25) is 0 Å². The van der Waals surface area contributed by atoms with E-state index in [9.17, 15) is 9.90 Å². The number of rotatable bonds is 5. The molecule has 1 aliphatic carbocycles. The number of ether oxygens (including phenoxy) is 1. The molecule has 2 bridgehead atoms. The van der Waals surface area contributed by atoms with Gasteiger partial charge in [-0.2, -0.15) is 5.26 Å². The smallest absolute Gasteiger partial charge is 0.202 e. The lowest BCUT2D eigenvalue weighted by molar-refractivity contribution is -0.197. The van der Waals surface area contributed by atoms with E-state index in [1.165, 1.54) is 11.8 Å². The van der Waals surface area contributed by atoms with Gasteiger partial charge in [-0.1, -0.05) is 32.1 Å². The van der Waals surface area contributed by atoms with Crippen molar-refractivity contribution in [3.05, 3.63) is 58.7 Å². The van der Waals surface area contributed by atoms with E-state index in [4.69, 9.17) is 10.00 Å². The Kier molecular flexibility index (Phi) is 5.58. The third-order valence-corrected chi connectivity index (χ3v) is 8.28. The van der Waals surface area contributed by atoms with Crippen molar-refractivity contribution in [3.8, 4) is 6.07 Å². The second kappa shape index (κ2) is 8.15. The minimum atomic E-state index is -0.966. The average Bonchev–Trinajstić information content (AvgIpc) is 3.35. The monoisotopic (exact) mass is 473 g/mol. The molecule has 0 amide bonds. The van der Waals surface area contributed by atoms with Crippen LogP contribution >= 0.6 is 0 Å². The summed E-state index contributed by atoms with van der Waals surface area (Å²) in [5.41, 5.74) is 3.05. The van der Waals surface area contributed by atoms with Crippen LogP contribution in [-0.2, 0) is 16.8 Å². The minimum Gasteiger partial charge on any atom is -0.385 e. The number of nitrogens with zero attached hydrogens (tertiary/aromatic N) is 2. The number of Topliss-reactive ketones (excluding diaryl/α,β-unsaturated/α-hetero) is 1. The highest BCUT2D eigenvalue weighted by Crippen LogP contribution is 2.55. The van der Waals surface area contributed by atoms with Crippen LogP contribution in [0.5, 0.6) is 0 Å². The van der Waals surface area contributed by atoms with Crippen LogP contribution in [0.15, 0.2) is 30.5 Å². The molecular weight excluding hydrogens is 438 g/mol. The summed E-state index contributed by atoms with van der Waals surface area (Å²) in [4.78, 5) is 19.9. The molecular formula is C29H35N3O3. The van der Waals surface area contributed by atoms with Crippen molar-refractivity contribution in [2.45, 2.75) is 95.9 Å². The number of allylic oxidation sites excluding steroid dienone is 2. The zero-order valence-corrected chi connectivity index (χ0v) is 21.2. The number of fused-ring (bicyclic) bond motifs is 2. The molecule has 2 N–H and O–H groups in total. The maximum absolute atomic E-state index is 13.0. The number of hydrogen-bond acceptors (Lipinski definition) is 5. The summed E-state index contributed by atoms with van der Waals surface area (Å²) in [5, 5.41) is 21.0. The average molecular weight is 474 g/mol. The van der Waals surface area contributed by atoms with Crippen LogP contribution in [0.1, 0.15) is 106 Å². The summed E-state index contributed by atoms with van der Waals surface area (Å²) in [6.07, 6.45) is 9.94. The number of nitriles is 1. The van der Waals surface area contributed by atoms with Gasteiger partial charge in [-0.3, -0.25) is 4.79 Å². The Hall–Kier alpha value is -2.75. The molecule has 3 aliphatic rings. The molecule has 35 heavy (non-hydrogen) atoms. The predicted octanol–water partition coefficient (Wildman–Crippen LogP) is 5.61. The summed E-state index contributed by atoms with van der Waals surface area (Å²) in [6, 6.07) is 8.09. The first-order valence-corrected chi connectivity index (χ1v) is 12.7. The summed E-state index contributed by atoms with van der Waals surface area (Å²) in [7, 11) is 0. The van der Waals surface area contributed by atoms with Crippen LogP contribution in [0.3, 0.4) is 0 Å². The molecule has 2 aromatic rings. The van der Waals surface area contributed by atoms with E-state index in [1.807, 2.05) is 18.2 Å². The molecule has 6 heteroatoms. The predicted molar refractivity (Wildman–Crippen MR) is 134 cm³/mol. The van der Waals surface area contributed by atoms with E-state index in [2.05, 4.69) is 49.8 Å². The van der Waals surface area contributed by atoms with E-state index in [0.717, 1.165) is 48.8 Å². The molecule has 0 spiro atoms. The van der Waals surface area contributed by atoms with Crippen molar-refractivity contribution < 1.29 is 14.6 Å². The Morgan fingerprint density at radius 1 is 1.17 bits per heavy atom. The summed E-state index contributed by atoms with van der Waals surface area (Å²) in [5.74, 6) is 0.0518. The Balaban J connectivity index is 1.52. The van der Waals surface area contributed by atoms with Gasteiger partial charge in [-0.05, 0) is 79.7 Å². The van der Waals surface area contributed by atoms with E-state index >= 15 is 0 Å². The van der Waals surface area contributed by atoms with Gasteiger partial charge in [0.05, 0.1) is 23.0 Å². The van der Waals surface area contributed by atoms with E-state index in [-0.39, 0.29) is 40.3 Å². The van der Waals surface area contributed by atoms with Crippen molar-refractivity contribution in [1.29, 1.82) is 5.26 Å². The van der Waals surface area contributed by atoms with E-state index in [1.54, 1.807) is 0 Å². The molecule has 1 aromatic heterocycles. The van der Waals surface area contributed by atoms with Crippen LogP contribution < -0.4 is 0 Å². The Bertz CT molecular complexity index is 1230. The van der Waals surface area contributed by atoms with Gasteiger partial charge in [-0.15, -0.1) is 0 Å². The van der Waals surface area contributed by atoms with Crippen LogP contribution in [0.25, 0.3) is 5.57 Å². The summed E-state index contributed by atoms with van der Waals surface area (Å²) in [6.45, 7) is 8.79. The van der Waals surface area contributed by atoms with E-state index in [0.29, 0.717) is 12.8 Å². The van der Waals surface area contributed by atoms with Gasteiger partial charge in [0.15, 0.2) is 5.82 Å². The number of carbonyl (C=O) groups is 1. The molecule has 2 atom stereocenters. The highest BCUT2D eigenvalue weighted by molar-refractivity contribution is 5.95. The Morgan fingerprint density at radius 3 is 2.49 bits per heavy atom. The fourth-order valence-corrected chi connectivity index (χ4v) is 6.40. The van der Waals surface area contributed by atoms with Gasteiger partial charge >= 0.3 is 0 Å². The third-order valence-electron chi connectivity index (χ3n) is 8.28. The first-order valence-electron chi connectivity index (χ1n) is 12.7. The maximum Gasteiger partial charge on any atom is 0.202 e. The second-order valence-corrected chi connectivity index (χ2v) is 12.2. The third kappa shape index (κ3) is 4.60. The number of benzene rings is 1. The summed E-state index contributed by atoms with van der Waals surface area (Å²) < 4.78 is 6.35. The number of hydrogen-bond donors (Lipinski definition) is 2. The summed E-state index contributed by atoms with van der Waals surface area (Å²) >= 11 is 0. The molecule has 2 saturated heterocycles. The van der Waals surface area contributed by atoms with Gasteiger partial charge in [-0.25, -0.2) is 4.98 Å². The van der Waals surface area contributed by atoms with Gasteiger partial charge in [0.25, 0.3) is 0 Å². The lowest BCUT2D eigenvalue weighted by Gasteiger charge is -2.46. The molecule has 2 unspecified atom stereocenters. The topological polar surface area (TPSA) is 99.0 Å². The fourth-order valence-electron chi connectivity index (χ4n) is 6.40. The second-order valence-electron chi connectivity index (χ2n) is 12.2. The number of carbonyl (C=O) groups excluding carboxylic acids is 1. The lowest BCUT2D eigenvalue weighted by Crippen LogP contribution is -2.49. The molecule has 5 rings (SSSR count). The number of aliphatic hydroxyl groups is 1. The normalized spacial score (nSPS) is 31.6. The first-order chi connectivity index (χ1) is 16.4. The van der Waals surface area contributed by atoms with Crippen LogP contribution in [0.4, 0.5) is 0 Å². The SMILES string of the molecule is CC1(C)CC=C(c2cc(C3(O)CC4(C)CCC(C)(C3)O4)ccc2CC(=O)c2ncc(C#N)[nH]2)CC1. The quantitative estimate of drug-likeness (QED) is 0.550. The Morgan fingerprint density at radius 2 is 1.89 bits per heavy atom.